The molecule has 21 heavy (non-hydrogen) atoms. The quantitative estimate of drug-likeness (QED) is 0.571. The second-order valence-electron chi connectivity index (χ2n) is 5.13. The van der Waals surface area contributed by atoms with Gasteiger partial charge in [0.25, 0.3) is 0 Å². The van der Waals surface area contributed by atoms with Crippen molar-refractivity contribution in [3.05, 3.63) is 23.8 Å². The standard InChI is InChI=1S/C16H22O5/c1-6-21-15(18)16(2,3)14(17)10-11-7-8-12(19-4)13(9-11)20-5/h7-9H,6,10H2,1-5H3. The van der Waals surface area contributed by atoms with Gasteiger partial charge in [-0.05, 0) is 38.5 Å². The number of carbonyl (C=O) groups excluding carboxylic acids is 2. The Balaban J connectivity index is 2.90. The molecule has 0 aliphatic carbocycles. The van der Waals surface area contributed by atoms with Crippen LogP contribution in [0.2, 0.25) is 0 Å². The maximum atomic E-state index is 12.3. The molecule has 0 aromatic heterocycles. The van der Waals surface area contributed by atoms with Crippen LogP contribution in [0, 0.1) is 5.41 Å². The molecule has 0 heterocycles. The number of Topliss-reactive ketones (excluding diaryl/α,β-unsaturated/α-hetero) is 1. The van der Waals surface area contributed by atoms with Gasteiger partial charge in [0.05, 0.1) is 20.8 Å². The van der Waals surface area contributed by atoms with Crippen molar-refractivity contribution in [2.45, 2.75) is 27.2 Å². The first-order valence-electron chi connectivity index (χ1n) is 6.78. The molecule has 0 aliphatic heterocycles. The second kappa shape index (κ2) is 7.11. The maximum Gasteiger partial charge on any atom is 0.319 e. The molecule has 0 saturated carbocycles. The van der Waals surface area contributed by atoms with E-state index in [0.717, 1.165) is 5.56 Å². The number of carbonyl (C=O) groups is 2. The maximum absolute atomic E-state index is 12.3. The summed E-state index contributed by atoms with van der Waals surface area (Å²) in [6.07, 6.45) is 0.131. The number of methoxy groups -OCH3 is 2. The van der Waals surface area contributed by atoms with E-state index in [1.807, 2.05) is 0 Å². The monoisotopic (exact) mass is 294 g/mol. The molecule has 0 atom stereocenters. The van der Waals surface area contributed by atoms with Crippen LogP contribution in [0.15, 0.2) is 18.2 Å². The predicted molar refractivity (Wildman–Crippen MR) is 78.7 cm³/mol. The van der Waals surface area contributed by atoms with E-state index in [1.54, 1.807) is 46.1 Å². The summed E-state index contributed by atoms with van der Waals surface area (Å²) in [5.74, 6) is 0.443. The first kappa shape index (κ1) is 17.0. The van der Waals surface area contributed by atoms with Gasteiger partial charge in [0, 0.05) is 6.42 Å². The van der Waals surface area contributed by atoms with Crippen molar-refractivity contribution in [3.63, 3.8) is 0 Å². The molecule has 0 unspecified atom stereocenters. The third-order valence-electron chi connectivity index (χ3n) is 3.30. The minimum Gasteiger partial charge on any atom is -0.493 e. The van der Waals surface area contributed by atoms with Gasteiger partial charge in [0.15, 0.2) is 17.3 Å². The highest BCUT2D eigenvalue weighted by atomic mass is 16.5. The first-order valence-corrected chi connectivity index (χ1v) is 6.78. The fourth-order valence-electron chi connectivity index (χ4n) is 1.82. The summed E-state index contributed by atoms with van der Waals surface area (Å²) in [7, 11) is 3.08. The SMILES string of the molecule is CCOC(=O)C(C)(C)C(=O)Cc1ccc(OC)c(OC)c1. The number of hydrogen-bond acceptors (Lipinski definition) is 5. The number of esters is 1. The lowest BCUT2D eigenvalue weighted by Gasteiger charge is -2.21. The highest BCUT2D eigenvalue weighted by molar-refractivity contribution is 6.03. The van der Waals surface area contributed by atoms with E-state index in [0.29, 0.717) is 11.5 Å². The average molecular weight is 294 g/mol. The Morgan fingerprint density at radius 2 is 1.71 bits per heavy atom. The lowest BCUT2D eigenvalue weighted by molar-refractivity contribution is -0.157. The minimum atomic E-state index is -1.16. The summed E-state index contributed by atoms with van der Waals surface area (Å²) in [6.45, 7) is 5.13. The number of ketones is 1. The highest BCUT2D eigenvalue weighted by Crippen LogP contribution is 2.29. The first-order chi connectivity index (χ1) is 9.86. The van der Waals surface area contributed by atoms with Crippen LogP contribution >= 0.6 is 0 Å². The zero-order chi connectivity index (χ0) is 16.0. The summed E-state index contributed by atoms with van der Waals surface area (Å²) in [6, 6.07) is 5.25. The molecule has 0 amide bonds. The second-order valence-corrected chi connectivity index (χ2v) is 5.13. The summed E-state index contributed by atoms with van der Waals surface area (Å²) in [5, 5.41) is 0. The molecule has 5 nitrogen and oxygen atoms in total. The molecule has 0 spiro atoms. The van der Waals surface area contributed by atoms with Crippen LogP contribution in [0.5, 0.6) is 11.5 Å². The van der Waals surface area contributed by atoms with Crippen molar-refractivity contribution in [1.82, 2.24) is 0 Å². The van der Waals surface area contributed by atoms with Gasteiger partial charge in [-0.3, -0.25) is 9.59 Å². The van der Waals surface area contributed by atoms with Crippen molar-refractivity contribution < 1.29 is 23.8 Å². The molecule has 1 rings (SSSR count). The van der Waals surface area contributed by atoms with E-state index in [9.17, 15) is 9.59 Å². The van der Waals surface area contributed by atoms with E-state index in [2.05, 4.69) is 0 Å². The molecule has 0 N–H and O–H groups in total. The van der Waals surface area contributed by atoms with Crippen LogP contribution in [0.3, 0.4) is 0 Å². The fourth-order valence-corrected chi connectivity index (χ4v) is 1.82. The third-order valence-corrected chi connectivity index (χ3v) is 3.30. The Hall–Kier alpha value is -2.04. The molecule has 0 fully saturated rings. The van der Waals surface area contributed by atoms with Crippen LogP contribution in [0.4, 0.5) is 0 Å². The van der Waals surface area contributed by atoms with E-state index >= 15 is 0 Å². The fraction of sp³-hybridized carbons (Fsp3) is 0.500. The highest BCUT2D eigenvalue weighted by Gasteiger charge is 2.37. The van der Waals surface area contributed by atoms with E-state index < -0.39 is 11.4 Å². The number of ether oxygens (including phenoxy) is 3. The lowest BCUT2D eigenvalue weighted by atomic mass is 9.85. The number of benzene rings is 1. The van der Waals surface area contributed by atoms with Gasteiger partial charge < -0.3 is 14.2 Å². The zero-order valence-electron chi connectivity index (χ0n) is 13.2. The van der Waals surface area contributed by atoms with Gasteiger partial charge >= 0.3 is 5.97 Å². The van der Waals surface area contributed by atoms with Crippen LogP contribution in [0.1, 0.15) is 26.3 Å². The van der Waals surface area contributed by atoms with Gasteiger partial charge in [-0.2, -0.15) is 0 Å². The molecular formula is C16H22O5. The topological polar surface area (TPSA) is 61.8 Å². The molecule has 0 radical (unpaired) electrons. The number of rotatable bonds is 7. The predicted octanol–water partition coefficient (Wildman–Crippen LogP) is 2.40. The van der Waals surface area contributed by atoms with Gasteiger partial charge in [0.1, 0.15) is 5.41 Å². The van der Waals surface area contributed by atoms with Crippen LogP contribution < -0.4 is 9.47 Å². The molecule has 0 aliphatic rings. The third kappa shape index (κ3) is 3.97. The smallest absolute Gasteiger partial charge is 0.319 e. The molecule has 0 saturated heterocycles. The lowest BCUT2D eigenvalue weighted by Crippen LogP contribution is -2.36. The van der Waals surface area contributed by atoms with Crippen LogP contribution in [0.25, 0.3) is 0 Å². The van der Waals surface area contributed by atoms with Crippen LogP contribution in [-0.4, -0.2) is 32.6 Å². The molecule has 116 valence electrons. The molecular weight excluding hydrogens is 272 g/mol. The summed E-state index contributed by atoms with van der Waals surface area (Å²) in [5.41, 5.74) is -0.404. The summed E-state index contributed by atoms with van der Waals surface area (Å²) < 4.78 is 15.3. The Morgan fingerprint density at radius 3 is 2.24 bits per heavy atom. The van der Waals surface area contributed by atoms with Gasteiger partial charge in [-0.15, -0.1) is 0 Å². The Morgan fingerprint density at radius 1 is 1.10 bits per heavy atom. The molecule has 0 bridgehead atoms. The van der Waals surface area contributed by atoms with Gasteiger partial charge in [-0.25, -0.2) is 0 Å². The van der Waals surface area contributed by atoms with E-state index in [1.165, 1.54) is 7.11 Å². The van der Waals surface area contributed by atoms with Crippen molar-refractivity contribution in [1.29, 1.82) is 0 Å². The average Bonchev–Trinajstić information content (AvgIpc) is 2.47. The van der Waals surface area contributed by atoms with E-state index in [-0.39, 0.29) is 18.8 Å². The number of hydrogen-bond donors (Lipinski definition) is 0. The Bertz CT molecular complexity index is 519. The Labute approximate surface area is 125 Å². The minimum absolute atomic E-state index is 0.131. The van der Waals surface area contributed by atoms with Crippen molar-refractivity contribution >= 4 is 11.8 Å². The normalized spacial score (nSPS) is 10.9. The molecule has 5 heteroatoms. The zero-order valence-corrected chi connectivity index (χ0v) is 13.2. The molecule has 1 aromatic carbocycles. The Kier molecular flexibility index (Phi) is 5.76. The molecule has 1 aromatic rings. The summed E-state index contributed by atoms with van der Waals surface area (Å²) in [4.78, 5) is 24.2. The van der Waals surface area contributed by atoms with Gasteiger partial charge in [-0.1, -0.05) is 6.07 Å². The van der Waals surface area contributed by atoms with Gasteiger partial charge in [0.2, 0.25) is 0 Å². The largest absolute Gasteiger partial charge is 0.493 e. The van der Waals surface area contributed by atoms with Crippen molar-refractivity contribution in [2.24, 2.45) is 5.41 Å². The van der Waals surface area contributed by atoms with E-state index in [4.69, 9.17) is 14.2 Å². The van der Waals surface area contributed by atoms with Crippen molar-refractivity contribution in [3.8, 4) is 11.5 Å². The summed E-state index contributed by atoms with van der Waals surface area (Å²) >= 11 is 0. The van der Waals surface area contributed by atoms with Crippen LogP contribution in [-0.2, 0) is 20.7 Å². The van der Waals surface area contributed by atoms with Crippen molar-refractivity contribution in [2.75, 3.05) is 20.8 Å².